The number of carbonyl (C=O) groups excluding carboxylic acids is 2. The molecule has 2 aromatic rings. The smallest absolute Gasteiger partial charge is 0.270 e. The summed E-state index contributed by atoms with van der Waals surface area (Å²) in [5, 5.41) is 15.9. The second-order valence-electron chi connectivity index (χ2n) is 5.73. The number of hydrogen-bond acceptors (Lipinski definition) is 5. The van der Waals surface area contributed by atoms with Crippen LogP contribution in [0.3, 0.4) is 0 Å². The third-order valence-electron chi connectivity index (χ3n) is 3.74. The lowest BCUT2D eigenvalue weighted by Crippen LogP contribution is -2.44. The summed E-state index contributed by atoms with van der Waals surface area (Å²) in [6.45, 7) is 0. The molecule has 0 bridgehead atoms. The molecule has 2 aromatic carbocycles. The number of nitro groups is 1. The van der Waals surface area contributed by atoms with Crippen molar-refractivity contribution in [1.29, 1.82) is 0 Å². The van der Waals surface area contributed by atoms with Crippen LogP contribution in [0, 0.1) is 15.9 Å². The maximum absolute atomic E-state index is 14.0. The number of amides is 2. The molecule has 28 heavy (non-hydrogen) atoms. The van der Waals surface area contributed by atoms with Crippen LogP contribution in [0.1, 0.15) is 16.8 Å². The Morgan fingerprint density at radius 2 is 2.04 bits per heavy atom. The van der Waals surface area contributed by atoms with E-state index in [4.69, 9.17) is 0 Å². The van der Waals surface area contributed by atoms with Gasteiger partial charge < -0.3 is 10.6 Å². The van der Waals surface area contributed by atoms with Gasteiger partial charge in [0.05, 0.1) is 10.6 Å². The fraction of sp³-hybridized carbons (Fsp3) is 0.222. The number of thioether (sulfide) groups is 1. The molecule has 0 saturated carbocycles. The Morgan fingerprint density at radius 1 is 1.29 bits per heavy atom. The molecular formula is C18H17BrFN3O4S. The lowest BCUT2D eigenvalue weighted by Gasteiger charge is -2.18. The monoisotopic (exact) mass is 469 g/mol. The van der Waals surface area contributed by atoms with E-state index in [0.717, 1.165) is 6.07 Å². The first-order valence-corrected chi connectivity index (χ1v) is 10.3. The molecule has 2 N–H and O–H groups in total. The predicted molar refractivity (Wildman–Crippen MR) is 110 cm³/mol. The van der Waals surface area contributed by atoms with Crippen LogP contribution in [0.5, 0.6) is 0 Å². The molecule has 0 aliphatic heterocycles. The van der Waals surface area contributed by atoms with Crippen LogP contribution in [0.2, 0.25) is 0 Å². The summed E-state index contributed by atoms with van der Waals surface area (Å²) in [7, 11) is 0. The Kier molecular flexibility index (Phi) is 7.94. The van der Waals surface area contributed by atoms with E-state index in [0.29, 0.717) is 16.6 Å². The number of nitro benzene ring substituents is 1. The minimum atomic E-state index is -0.928. The zero-order chi connectivity index (χ0) is 20.7. The highest BCUT2D eigenvalue weighted by Crippen LogP contribution is 2.20. The van der Waals surface area contributed by atoms with E-state index in [-0.39, 0.29) is 16.9 Å². The summed E-state index contributed by atoms with van der Waals surface area (Å²) in [6.07, 6.45) is 2.16. The Hall–Kier alpha value is -2.46. The van der Waals surface area contributed by atoms with Crippen LogP contribution in [0.15, 0.2) is 46.9 Å². The second kappa shape index (κ2) is 10.2. The summed E-state index contributed by atoms with van der Waals surface area (Å²) in [6, 6.07) is 8.48. The molecular weight excluding hydrogens is 453 g/mol. The molecule has 148 valence electrons. The third kappa shape index (κ3) is 6.03. The zero-order valence-corrected chi connectivity index (χ0v) is 17.2. The van der Waals surface area contributed by atoms with E-state index in [1.54, 1.807) is 6.07 Å². The van der Waals surface area contributed by atoms with Gasteiger partial charge in [-0.3, -0.25) is 19.7 Å². The van der Waals surface area contributed by atoms with Crippen LogP contribution < -0.4 is 10.6 Å². The molecule has 0 heterocycles. The quantitative estimate of drug-likeness (QED) is 0.449. The largest absolute Gasteiger partial charge is 0.340 e. The molecule has 10 heteroatoms. The van der Waals surface area contributed by atoms with Crippen molar-refractivity contribution < 1.29 is 18.9 Å². The van der Waals surface area contributed by atoms with Gasteiger partial charge in [0.15, 0.2) is 0 Å². The molecule has 0 aliphatic carbocycles. The second-order valence-corrected chi connectivity index (χ2v) is 7.63. The fourth-order valence-electron chi connectivity index (χ4n) is 2.32. The van der Waals surface area contributed by atoms with Gasteiger partial charge in [0.1, 0.15) is 11.9 Å². The van der Waals surface area contributed by atoms with E-state index < -0.39 is 28.6 Å². The lowest BCUT2D eigenvalue weighted by molar-refractivity contribution is -0.384. The van der Waals surface area contributed by atoms with Gasteiger partial charge in [-0.2, -0.15) is 11.8 Å². The van der Waals surface area contributed by atoms with Gasteiger partial charge in [-0.25, -0.2) is 4.39 Å². The zero-order valence-electron chi connectivity index (χ0n) is 14.8. The Balaban J connectivity index is 2.15. The molecule has 0 saturated heterocycles. The Morgan fingerprint density at radius 3 is 2.68 bits per heavy atom. The summed E-state index contributed by atoms with van der Waals surface area (Å²) >= 11 is 4.63. The van der Waals surface area contributed by atoms with Gasteiger partial charge in [0, 0.05) is 22.2 Å². The van der Waals surface area contributed by atoms with E-state index in [1.165, 1.54) is 42.1 Å². The molecule has 7 nitrogen and oxygen atoms in total. The Labute approximate surface area is 173 Å². The lowest BCUT2D eigenvalue weighted by atomic mass is 10.1. The van der Waals surface area contributed by atoms with Gasteiger partial charge in [0.2, 0.25) is 5.91 Å². The first kappa shape index (κ1) is 21.8. The molecule has 0 fully saturated rings. The highest BCUT2D eigenvalue weighted by molar-refractivity contribution is 9.10. The summed E-state index contributed by atoms with van der Waals surface area (Å²) in [5.74, 6) is -1.23. The predicted octanol–water partition coefficient (Wildman–Crippen LogP) is 3.99. The topological polar surface area (TPSA) is 101 Å². The van der Waals surface area contributed by atoms with Crippen molar-refractivity contribution in [3.63, 3.8) is 0 Å². The fourth-order valence-corrected chi connectivity index (χ4v) is 3.12. The normalized spacial score (nSPS) is 11.5. The van der Waals surface area contributed by atoms with Crippen molar-refractivity contribution in [2.45, 2.75) is 12.5 Å². The van der Waals surface area contributed by atoms with Gasteiger partial charge in [-0.1, -0.05) is 22.0 Å². The molecule has 0 spiro atoms. The van der Waals surface area contributed by atoms with Crippen LogP contribution in [-0.2, 0) is 4.79 Å². The molecule has 2 amide bonds. The Bertz CT molecular complexity index is 897. The van der Waals surface area contributed by atoms with E-state index in [9.17, 15) is 24.1 Å². The van der Waals surface area contributed by atoms with E-state index in [1.807, 2.05) is 6.26 Å². The average molecular weight is 470 g/mol. The molecule has 2 rings (SSSR count). The molecule has 0 radical (unpaired) electrons. The van der Waals surface area contributed by atoms with Crippen molar-refractivity contribution in [3.05, 3.63) is 68.4 Å². The highest BCUT2D eigenvalue weighted by Gasteiger charge is 2.23. The molecule has 0 aromatic heterocycles. The van der Waals surface area contributed by atoms with Gasteiger partial charge in [0.25, 0.3) is 11.6 Å². The third-order valence-corrected chi connectivity index (χ3v) is 4.88. The minimum absolute atomic E-state index is 0.00745. The number of carbonyl (C=O) groups is 2. The van der Waals surface area contributed by atoms with Crippen molar-refractivity contribution in [3.8, 4) is 0 Å². The number of hydrogen-bond donors (Lipinski definition) is 2. The van der Waals surface area contributed by atoms with Gasteiger partial charge in [-0.15, -0.1) is 0 Å². The van der Waals surface area contributed by atoms with Gasteiger partial charge >= 0.3 is 0 Å². The SMILES string of the molecule is CSCCC(NC(=O)c1cccc([N+](=O)[O-])c1)C(=O)Nc1ccc(Br)cc1F. The first-order chi connectivity index (χ1) is 13.3. The van der Waals surface area contributed by atoms with Crippen LogP contribution in [0.25, 0.3) is 0 Å². The summed E-state index contributed by atoms with van der Waals surface area (Å²) in [5.41, 5.74) is -0.173. The van der Waals surface area contributed by atoms with Crippen molar-refractivity contribution >= 4 is 50.9 Å². The van der Waals surface area contributed by atoms with Crippen molar-refractivity contribution in [2.24, 2.45) is 0 Å². The van der Waals surface area contributed by atoms with Crippen LogP contribution in [-0.4, -0.2) is 34.8 Å². The number of non-ortho nitro benzene ring substituents is 1. The maximum atomic E-state index is 14.0. The number of halogens is 2. The number of nitrogens with zero attached hydrogens (tertiary/aromatic N) is 1. The highest BCUT2D eigenvalue weighted by atomic mass is 79.9. The molecule has 1 atom stereocenters. The number of benzene rings is 2. The van der Waals surface area contributed by atoms with Crippen LogP contribution >= 0.6 is 27.7 Å². The molecule has 1 unspecified atom stereocenters. The van der Waals surface area contributed by atoms with Crippen molar-refractivity contribution in [1.82, 2.24) is 5.32 Å². The summed E-state index contributed by atoms with van der Waals surface area (Å²) in [4.78, 5) is 35.3. The standard InChI is InChI=1S/C18H17BrFN3O4S/c1-28-8-7-16(18(25)21-15-6-5-12(19)10-14(15)20)22-17(24)11-3-2-4-13(9-11)23(26)27/h2-6,9-10,16H,7-8H2,1H3,(H,21,25)(H,22,24). The minimum Gasteiger partial charge on any atom is -0.340 e. The number of anilines is 1. The summed E-state index contributed by atoms with van der Waals surface area (Å²) < 4.78 is 14.5. The van der Waals surface area contributed by atoms with Crippen LogP contribution in [0.4, 0.5) is 15.8 Å². The average Bonchev–Trinajstić information content (AvgIpc) is 2.67. The van der Waals surface area contributed by atoms with Gasteiger partial charge in [-0.05, 0) is 42.7 Å². The van der Waals surface area contributed by atoms with E-state index >= 15 is 0 Å². The van der Waals surface area contributed by atoms with E-state index in [2.05, 4.69) is 26.6 Å². The number of nitrogens with one attached hydrogen (secondary N) is 2. The molecule has 0 aliphatic rings. The first-order valence-electron chi connectivity index (χ1n) is 8.12. The van der Waals surface area contributed by atoms with Crippen molar-refractivity contribution in [2.75, 3.05) is 17.3 Å². The maximum Gasteiger partial charge on any atom is 0.270 e. The number of rotatable bonds is 8.